The smallest absolute Gasteiger partial charge is 0.243 e. The van der Waals surface area contributed by atoms with E-state index in [4.69, 9.17) is 0 Å². The molecule has 0 spiro atoms. The summed E-state index contributed by atoms with van der Waals surface area (Å²) in [5, 5.41) is 3.17. The number of hydrogen-bond donors (Lipinski definition) is 1. The number of nitrogens with one attached hydrogen (secondary N) is 1. The molecule has 2 rings (SSSR count). The molecule has 1 atom stereocenters. The molecule has 0 radical (unpaired) electrons. The summed E-state index contributed by atoms with van der Waals surface area (Å²) in [5.74, 6) is 0. The Kier molecular flexibility index (Phi) is 5.24. The second-order valence-electron chi connectivity index (χ2n) is 5.68. The highest BCUT2D eigenvalue weighted by molar-refractivity contribution is 7.89. The largest absolute Gasteiger partial charge is 0.385 e. The lowest BCUT2D eigenvalue weighted by Gasteiger charge is -2.35. The molecule has 1 aromatic carbocycles. The van der Waals surface area contributed by atoms with E-state index in [1.165, 1.54) is 0 Å². The van der Waals surface area contributed by atoms with Crippen LogP contribution in [0.2, 0.25) is 0 Å². The molecule has 5 nitrogen and oxygen atoms in total. The van der Waals surface area contributed by atoms with Crippen molar-refractivity contribution in [1.82, 2.24) is 9.21 Å². The highest BCUT2D eigenvalue weighted by atomic mass is 32.2. The van der Waals surface area contributed by atoms with Crippen LogP contribution >= 0.6 is 0 Å². The van der Waals surface area contributed by atoms with Gasteiger partial charge in [0.1, 0.15) is 0 Å². The molecule has 1 aliphatic heterocycles. The van der Waals surface area contributed by atoms with Crippen LogP contribution in [0.3, 0.4) is 0 Å². The van der Waals surface area contributed by atoms with Gasteiger partial charge in [-0.25, -0.2) is 8.42 Å². The van der Waals surface area contributed by atoms with Crippen LogP contribution in [0, 0.1) is 0 Å². The second kappa shape index (κ2) is 6.77. The molecule has 1 fully saturated rings. The SMILES string of the molecule is CCNc1ccc(S(=O)(=O)N2CCCC(N(C)C)C2)cc1. The normalized spacial score (nSPS) is 20.7. The summed E-state index contributed by atoms with van der Waals surface area (Å²) >= 11 is 0. The lowest BCUT2D eigenvalue weighted by molar-refractivity contribution is 0.190. The van der Waals surface area contributed by atoms with Gasteiger partial charge >= 0.3 is 0 Å². The Morgan fingerprint density at radius 3 is 2.52 bits per heavy atom. The predicted octanol–water partition coefficient (Wildman–Crippen LogP) is 1.83. The zero-order chi connectivity index (χ0) is 15.5. The highest BCUT2D eigenvalue weighted by Crippen LogP contribution is 2.23. The first-order valence-electron chi connectivity index (χ1n) is 7.45. The third-order valence-corrected chi connectivity index (χ3v) is 5.84. The third-order valence-electron chi connectivity index (χ3n) is 3.96. The summed E-state index contributed by atoms with van der Waals surface area (Å²) in [4.78, 5) is 2.49. The number of nitrogens with zero attached hydrogens (tertiary/aromatic N) is 2. The van der Waals surface area contributed by atoms with Gasteiger partial charge in [0.05, 0.1) is 4.90 Å². The first-order valence-corrected chi connectivity index (χ1v) is 8.89. The highest BCUT2D eigenvalue weighted by Gasteiger charge is 2.30. The molecular formula is C15H25N3O2S. The van der Waals surface area contributed by atoms with Crippen molar-refractivity contribution in [3.05, 3.63) is 24.3 Å². The fourth-order valence-electron chi connectivity index (χ4n) is 2.66. The summed E-state index contributed by atoms with van der Waals surface area (Å²) in [6, 6.07) is 7.32. The average Bonchev–Trinajstić information content (AvgIpc) is 2.48. The monoisotopic (exact) mass is 311 g/mol. The predicted molar refractivity (Wildman–Crippen MR) is 86.1 cm³/mol. The number of benzene rings is 1. The van der Waals surface area contributed by atoms with E-state index >= 15 is 0 Å². The summed E-state index contributed by atoms with van der Waals surface area (Å²) < 4.78 is 27.0. The number of rotatable bonds is 5. The molecule has 6 heteroatoms. The molecule has 1 unspecified atom stereocenters. The Morgan fingerprint density at radius 1 is 1.29 bits per heavy atom. The topological polar surface area (TPSA) is 52.7 Å². The van der Waals surface area contributed by atoms with Crippen molar-refractivity contribution in [2.24, 2.45) is 0 Å². The van der Waals surface area contributed by atoms with Crippen LogP contribution < -0.4 is 5.32 Å². The standard InChI is InChI=1S/C15H25N3O2S/c1-4-16-13-7-9-15(10-8-13)21(19,20)18-11-5-6-14(12-18)17(2)3/h7-10,14,16H,4-6,11-12H2,1-3H3. The number of anilines is 1. The molecule has 0 aromatic heterocycles. The molecule has 0 bridgehead atoms. The number of piperidine rings is 1. The summed E-state index contributed by atoms with van der Waals surface area (Å²) in [5.41, 5.74) is 0.946. The molecule has 1 saturated heterocycles. The fraction of sp³-hybridized carbons (Fsp3) is 0.600. The minimum Gasteiger partial charge on any atom is -0.385 e. The van der Waals surface area contributed by atoms with E-state index in [2.05, 4.69) is 10.2 Å². The van der Waals surface area contributed by atoms with Gasteiger partial charge in [-0.2, -0.15) is 4.31 Å². The molecule has 1 aromatic rings. The van der Waals surface area contributed by atoms with Crippen LogP contribution in [0.25, 0.3) is 0 Å². The number of hydrogen-bond acceptors (Lipinski definition) is 4. The lowest BCUT2D eigenvalue weighted by atomic mass is 10.1. The van der Waals surface area contributed by atoms with Crippen molar-refractivity contribution in [3.8, 4) is 0 Å². The van der Waals surface area contributed by atoms with E-state index in [1.54, 1.807) is 16.4 Å². The third kappa shape index (κ3) is 3.75. The Labute approximate surface area is 128 Å². The van der Waals surface area contributed by atoms with Crippen molar-refractivity contribution < 1.29 is 8.42 Å². The van der Waals surface area contributed by atoms with Gasteiger partial charge in [-0.1, -0.05) is 0 Å². The van der Waals surface area contributed by atoms with Crippen molar-refractivity contribution in [2.45, 2.75) is 30.7 Å². The summed E-state index contributed by atoms with van der Waals surface area (Å²) in [6.07, 6.45) is 1.97. The van der Waals surface area contributed by atoms with E-state index in [-0.39, 0.29) is 0 Å². The lowest BCUT2D eigenvalue weighted by Crippen LogP contribution is -2.47. The van der Waals surface area contributed by atoms with Crippen LogP contribution in [0.5, 0.6) is 0 Å². The molecule has 0 saturated carbocycles. The number of likely N-dealkylation sites (N-methyl/N-ethyl adjacent to an activating group) is 1. The van der Waals surface area contributed by atoms with Crippen molar-refractivity contribution in [3.63, 3.8) is 0 Å². The van der Waals surface area contributed by atoms with E-state index in [1.807, 2.05) is 33.2 Å². The maximum Gasteiger partial charge on any atom is 0.243 e. The minimum absolute atomic E-state index is 0.301. The van der Waals surface area contributed by atoms with Crippen LogP contribution in [0.4, 0.5) is 5.69 Å². The van der Waals surface area contributed by atoms with Gasteiger partial charge in [0.15, 0.2) is 0 Å². The van der Waals surface area contributed by atoms with Crippen LogP contribution in [-0.4, -0.2) is 57.4 Å². The minimum atomic E-state index is -3.38. The van der Waals surface area contributed by atoms with Gasteiger partial charge in [-0.15, -0.1) is 0 Å². The van der Waals surface area contributed by atoms with E-state index in [0.717, 1.165) is 25.1 Å². The maximum absolute atomic E-state index is 12.7. The maximum atomic E-state index is 12.7. The van der Waals surface area contributed by atoms with Gasteiger partial charge in [0.2, 0.25) is 10.0 Å². The number of sulfonamides is 1. The molecular weight excluding hydrogens is 286 g/mol. The quantitative estimate of drug-likeness (QED) is 0.901. The van der Waals surface area contributed by atoms with Crippen molar-refractivity contribution in [2.75, 3.05) is 39.0 Å². The molecule has 1 heterocycles. The Hall–Kier alpha value is -1.11. The Morgan fingerprint density at radius 2 is 1.95 bits per heavy atom. The molecule has 21 heavy (non-hydrogen) atoms. The van der Waals surface area contributed by atoms with Crippen LogP contribution in [-0.2, 0) is 10.0 Å². The molecule has 0 aliphatic carbocycles. The van der Waals surface area contributed by atoms with E-state index < -0.39 is 10.0 Å². The second-order valence-corrected chi connectivity index (χ2v) is 7.62. The zero-order valence-electron chi connectivity index (χ0n) is 13.0. The first kappa shape index (κ1) is 16.3. The summed E-state index contributed by atoms with van der Waals surface area (Å²) in [6.45, 7) is 4.02. The van der Waals surface area contributed by atoms with Gasteiger partial charge in [0, 0.05) is 31.4 Å². The first-order chi connectivity index (χ1) is 9.95. The molecule has 0 amide bonds. The van der Waals surface area contributed by atoms with Crippen molar-refractivity contribution in [1.29, 1.82) is 0 Å². The van der Waals surface area contributed by atoms with Gasteiger partial charge in [-0.05, 0) is 58.1 Å². The molecule has 118 valence electrons. The fourth-order valence-corrected chi connectivity index (χ4v) is 4.17. The molecule has 1 N–H and O–H groups in total. The Balaban J connectivity index is 2.17. The molecule has 1 aliphatic rings. The summed E-state index contributed by atoms with van der Waals surface area (Å²) in [7, 11) is 0.631. The van der Waals surface area contributed by atoms with E-state index in [9.17, 15) is 8.42 Å². The zero-order valence-corrected chi connectivity index (χ0v) is 13.9. The van der Waals surface area contributed by atoms with Gasteiger partial charge < -0.3 is 10.2 Å². The van der Waals surface area contributed by atoms with Crippen LogP contribution in [0.15, 0.2) is 29.2 Å². The average molecular weight is 311 g/mol. The van der Waals surface area contributed by atoms with Gasteiger partial charge in [-0.3, -0.25) is 0 Å². The van der Waals surface area contributed by atoms with Crippen LogP contribution in [0.1, 0.15) is 19.8 Å². The van der Waals surface area contributed by atoms with Crippen molar-refractivity contribution >= 4 is 15.7 Å². The Bertz CT molecular complexity index is 555. The van der Waals surface area contributed by atoms with Gasteiger partial charge in [0.25, 0.3) is 0 Å². The van der Waals surface area contributed by atoms with E-state index in [0.29, 0.717) is 24.0 Å².